The van der Waals surface area contributed by atoms with Crippen molar-refractivity contribution >= 4 is 11.9 Å². The van der Waals surface area contributed by atoms with Crippen LogP contribution in [0.3, 0.4) is 0 Å². The Bertz CT molecular complexity index is 440. The van der Waals surface area contributed by atoms with Crippen LogP contribution in [0.2, 0.25) is 0 Å². The summed E-state index contributed by atoms with van der Waals surface area (Å²) in [5.74, 6) is -0.791. The van der Waals surface area contributed by atoms with Crippen molar-refractivity contribution in [1.29, 1.82) is 0 Å². The van der Waals surface area contributed by atoms with Gasteiger partial charge in [-0.3, -0.25) is 9.59 Å². The molecule has 0 unspecified atom stereocenters. The molecular weight excluding hydrogens is 234 g/mol. The van der Waals surface area contributed by atoms with E-state index in [0.29, 0.717) is 6.54 Å². The number of benzene rings is 1. The third-order valence-electron chi connectivity index (χ3n) is 2.72. The molecule has 1 saturated heterocycles. The van der Waals surface area contributed by atoms with E-state index in [4.69, 9.17) is 9.47 Å². The van der Waals surface area contributed by atoms with Gasteiger partial charge in [-0.1, -0.05) is 30.3 Å². The number of hydrogen-bond donors (Lipinski definition) is 1. The lowest BCUT2D eigenvalue weighted by Crippen LogP contribution is -2.62. The van der Waals surface area contributed by atoms with Crippen molar-refractivity contribution in [1.82, 2.24) is 5.32 Å². The van der Waals surface area contributed by atoms with Crippen LogP contribution >= 0.6 is 0 Å². The van der Waals surface area contributed by atoms with E-state index in [9.17, 15) is 9.59 Å². The standard InChI is InChI=1S/C13H15NO4/c1-10(15)18-13(8-17-9-13)12(16)14-7-11-5-3-2-4-6-11/h2-6H,7-9H2,1H3,(H,14,16). The van der Waals surface area contributed by atoms with E-state index in [-0.39, 0.29) is 19.1 Å². The second-order valence-corrected chi connectivity index (χ2v) is 4.25. The highest BCUT2D eigenvalue weighted by Gasteiger charge is 2.49. The molecule has 1 heterocycles. The lowest BCUT2D eigenvalue weighted by atomic mass is 10.0. The molecule has 1 aliphatic heterocycles. The van der Waals surface area contributed by atoms with Gasteiger partial charge in [-0.2, -0.15) is 0 Å². The van der Waals surface area contributed by atoms with Crippen molar-refractivity contribution in [3.63, 3.8) is 0 Å². The molecule has 5 nitrogen and oxygen atoms in total. The Morgan fingerprint density at radius 3 is 2.50 bits per heavy atom. The summed E-state index contributed by atoms with van der Waals surface area (Å²) in [6.45, 7) is 1.92. The SMILES string of the molecule is CC(=O)OC1(C(=O)NCc2ccccc2)COC1. The molecule has 1 N–H and O–H groups in total. The molecule has 1 aromatic carbocycles. The number of amides is 1. The smallest absolute Gasteiger partial charge is 0.303 e. The minimum absolute atomic E-state index is 0.118. The van der Waals surface area contributed by atoms with E-state index >= 15 is 0 Å². The molecule has 96 valence electrons. The van der Waals surface area contributed by atoms with E-state index in [1.807, 2.05) is 30.3 Å². The molecule has 2 rings (SSSR count). The number of ether oxygens (including phenoxy) is 2. The van der Waals surface area contributed by atoms with Crippen molar-refractivity contribution in [2.24, 2.45) is 0 Å². The molecule has 0 aromatic heterocycles. The monoisotopic (exact) mass is 249 g/mol. The van der Waals surface area contributed by atoms with Crippen LogP contribution < -0.4 is 5.32 Å². The predicted molar refractivity (Wildman–Crippen MR) is 63.6 cm³/mol. The van der Waals surface area contributed by atoms with E-state index < -0.39 is 11.6 Å². The zero-order valence-electron chi connectivity index (χ0n) is 10.1. The van der Waals surface area contributed by atoms with Crippen LogP contribution in [0, 0.1) is 0 Å². The van der Waals surface area contributed by atoms with Crippen molar-refractivity contribution < 1.29 is 19.1 Å². The van der Waals surface area contributed by atoms with Gasteiger partial charge in [0.1, 0.15) is 0 Å². The Morgan fingerprint density at radius 2 is 2.00 bits per heavy atom. The first-order valence-corrected chi connectivity index (χ1v) is 5.72. The third kappa shape index (κ3) is 2.68. The molecule has 0 spiro atoms. The summed E-state index contributed by atoms with van der Waals surface area (Å²) in [6.07, 6.45) is 0. The average molecular weight is 249 g/mol. The van der Waals surface area contributed by atoms with Gasteiger partial charge in [-0.15, -0.1) is 0 Å². The molecule has 0 bridgehead atoms. The van der Waals surface area contributed by atoms with Crippen LogP contribution in [0.25, 0.3) is 0 Å². The highest BCUT2D eigenvalue weighted by atomic mass is 16.6. The maximum absolute atomic E-state index is 12.0. The minimum Gasteiger partial charge on any atom is -0.444 e. The van der Waals surface area contributed by atoms with Crippen LogP contribution in [-0.4, -0.2) is 30.7 Å². The number of esters is 1. The molecule has 5 heteroatoms. The first kappa shape index (κ1) is 12.6. The number of carbonyl (C=O) groups is 2. The zero-order valence-corrected chi connectivity index (χ0v) is 10.1. The van der Waals surface area contributed by atoms with Crippen LogP contribution in [0.15, 0.2) is 30.3 Å². The van der Waals surface area contributed by atoms with E-state index in [1.54, 1.807) is 0 Å². The lowest BCUT2D eigenvalue weighted by Gasteiger charge is -2.38. The highest BCUT2D eigenvalue weighted by Crippen LogP contribution is 2.22. The molecule has 0 atom stereocenters. The number of rotatable bonds is 4. The van der Waals surface area contributed by atoms with E-state index in [1.165, 1.54) is 6.92 Å². The largest absolute Gasteiger partial charge is 0.444 e. The summed E-state index contributed by atoms with van der Waals surface area (Å²) in [7, 11) is 0. The Hall–Kier alpha value is -1.88. The van der Waals surface area contributed by atoms with Crippen LogP contribution in [0.1, 0.15) is 12.5 Å². The Morgan fingerprint density at radius 1 is 1.33 bits per heavy atom. The van der Waals surface area contributed by atoms with Gasteiger partial charge in [0.15, 0.2) is 0 Å². The fourth-order valence-corrected chi connectivity index (χ4v) is 1.74. The Labute approximate surface area is 105 Å². The first-order chi connectivity index (χ1) is 8.62. The van der Waals surface area contributed by atoms with E-state index in [2.05, 4.69) is 5.32 Å². The van der Waals surface area contributed by atoms with Gasteiger partial charge in [0.25, 0.3) is 5.91 Å². The maximum atomic E-state index is 12.0. The minimum atomic E-state index is -1.14. The Kier molecular flexibility index (Phi) is 3.62. The normalized spacial score (nSPS) is 16.5. The molecule has 1 aliphatic rings. The van der Waals surface area contributed by atoms with E-state index in [0.717, 1.165) is 5.56 Å². The second-order valence-electron chi connectivity index (χ2n) is 4.25. The molecule has 0 aliphatic carbocycles. The third-order valence-corrected chi connectivity index (χ3v) is 2.72. The summed E-state index contributed by atoms with van der Waals surface area (Å²) in [5.41, 5.74) is -0.148. The number of nitrogens with one attached hydrogen (secondary N) is 1. The predicted octanol–water partition coefficient (Wildman–Crippen LogP) is 0.635. The van der Waals surface area contributed by atoms with Gasteiger partial charge < -0.3 is 14.8 Å². The van der Waals surface area contributed by atoms with Gasteiger partial charge in [0.05, 0.1) is 13.2 Å². The maximum Gasteiger partial charge on any atom is 0.303 e. The Balaban J connectivity index is 1.93. The molecule has 18 heavy (non-hydrogen) atoms. The van der Waals surface area contributed by atoms with Crippen LogP contribution in [0.4, 0.5) is 0 Å². The summed E-state index contributed by atoms with van der Waals surface area (Å²) in [6, 6.07) is 9.53. The lowest BCUT2D eigenvalue weighted by molar-refractivity contribution is -0.212. The molecular formula is C13H15NO4. The summed E-state index contributed by atoms with van der Waals surface area (Å²) < 4.78 is 10.0. The summed E-state index contributed by atoms with van der Waals surface area (Å²) in [5, 5.41) is 2.75. The summed E-state index contributed by atoms with van der Waals surface area (Å²) in [4.78, 5) is 23.0. The molecule has 1 fully saturated rings. The van der Waals surface area contributed by atoms with Crippen LogP contribution in [-0.2, 0) is 25.6 Å². The quantitative estimate of drug-likeness (QED) is 0.795. The zero-order chi connectivity index (χ0) is 13.0. The number of hydrogen-bond acceptors (Lipinski definition) is 4. The van der Waals surface area contributed by atoms with Gasteiger partial charge in [0.2, 0.25) is 5.60 Å². The van der Waals surface area contributed by atoms with Crippen molar-refractivity contribution in [2.45, 2.75) is 19.1 Å². The van der Waals surface area contributed by atoms with Gasteiger partial charge >= 0.3 is 5.97 Å². The van der Waals surface area contributed by atoms with Gasteiger partial charge in [0, 0.05) is 13.5 Å². The van der Waals surface area contributed by atoms with Gasteiger partial charge in [-0.05, 0) is 5.56 Å². The topological polar surface area (TPSA) is 64.6 Å². The molecule has 0 saturated carbocycles. The fraction of sp³-hybridized carbons (Fsp3) is 0.385. The first-order valence-electron chi connectivity index (χ1n) is 5.72. The van der Waals surface area contributed by atoms with Crippen molar-refractivity contribution in [2.75, 3.05) is 13.2 Å². The second kappa shape index (κ2) is 5.18. The van der Waals surface area contributed by atoms with Crippen LogP contribution in [0.5, 0.6) is 0 Å². The highest BCUT2D eigenvalue weighted by molar-refractivity contribution is 5.88. The molecule has 1 amide bonds. The fourth-order valence-electron chi connectivity index (χ4n) is 1.74. The van der Waals surface area contributed by atoms with Crippen molar-refractivity contribution in [3.8, 4) is 0 Å². The summed E-state index contributed by atoms with van der Waals surface area (Å²) >= 11 is 0. The number of carbonyl (C=O) groups excluding carboxylic acids is 2. The van der Waals surface area contributed by atoms with Crippen molar-refractivity contribution in [3.05, 3.63) is 35.9 Å². The molecule has 0 radical (unpaired) electrons. The van der Waals surface area contributed by atoms with Gasteiger partial charge in [-0.25, -0.2) is 0 Å². The molecule has 1 aromatic rings. The average Bonchev–Trinajstić information content (AvgIpc) is 2.32.